The van der Waals surface area contributed by atoms with E-state index in [0.29, 0.717) is 11.8 Å². The molecule has 79 heavy (non-hydrogen) atoms. The molecule has 0 aromatic heterocycles. The number of nitrogens with zero attached hydrogens (tertiary/aromatic N) is 3. The minimum absolute atomic E-state index is 0.0259. The van der Waals surface area contributed by atoms with Crippen LogP contribution in [0.5, 0.6) is 0 Å². The number of hydrogen-bond donors (Lipinski definition) is 0. The van der Waals surface area contributed by atoms with Crippen LogP contribution < -0.4 is 31.1 Å². The van der Waals surface area contributed by atoms with Crippen molar-refractivity contribution in [2.24, 2.45) is 0 Å². The van der Waals surface area contributed by atoms with Gasteiger partial charge in [0.05, 0.1) is 16.8 Å². The van der Waals surface area contributed by atoms with Gasteiger partial charge in [-0.15, -0.1) is 0 Å². The minimum Gasteiger partial charge on any atom is -0.335 e. The van der Waals surface area contributed by atoms with E-state index in [-0.39, 0.29) is 39.5 Å². The number of fused-ring (bicyclic) bond motifs is 11. The van der Waals surface area contributed by atoms with Crippen LogP contribution in [0.1, 0.15) is 192 Å². The molecule has 0 bridgehead atoms. The first kappa shape index (κ1) is 50.7. The van der Waals surface area contributed by atoms with E-state index in [2.05, 4.69) is 256 Å². The van der Waals surface area contributed by atoms with Crippen LogP contribution in [-0.4, -0.2) is 17.8 Å². The summed E-state index contributed by atoms with van der Waals surface area (Å²) in [6.45, 7) is 31.8. The lowest BCUT2D eigenvalue weighted by atomic mass is 9.33. The van der Waals surface area contributed by atoms with Crippen LogP contribution in [0.4, 0.5) is 39.8 Å². The lowest BCUT2D eigenvalue weighted by Gasteiger charge is -2.54. The van der Waals surface area contributed by atoms with Gasteiger partial charge >= 0.3 is 0 Å². The smallest absolute Gasteiger partial charge is 0.252 e. The van der Waals surface area contributed by atoms with E-state index in [1.807, 2.05) is 0 Å². The Hall–Kier alpha value is -6.52. The normalized spacial score (nSPS) is 23.7. The first-order valence-corrected chi connectivity index (χ1v) is 30.4. The second-order valence-electron chi connectivity index (χ2n) is 28.6. The fourth-order valence-electron chi connectivity index (χ4n) is 16.9. The maximum Gasteiger partial charge on any atom is 0.252 e. The Labute approximate surface area is 473 Å². The zero-order valence-corrected chi connectivity index (χ0v) is 49.7. The molecule has 6 aliphatic rings. The molecule has 14 rings (SSSR count). The summed E-state index contributed by atoms with van der Waals surface area (Å²) in [5, 5.41) is 2.54. The first-order chi connectivity index (χ1) is 37.7. The van der Waals surface area contributed by atoms with E-state index in [1.165, 1.54) is 144 Å². The molecule has 2 aliphatic carbocycles. The molecule has 4 unspecified atom stereocenters. The fourth-order valence-corrected chi connectivity index (χ4v) is 16.9. The van der Waals surface area contributed by atoms with Gasteiger partial charge in [-0.25, -0.2) is 0 Å². The third-order valence-electron chi connectivity index (χ3n) is 21.5. The Kier molecular flexibility index (Phi) is 11.1. The predicted octanol–water partition coefficient (Wildman–Crippen LogP) is 18.5. The van der Waals surface area contributed by atoms with E-state index >= 15 is 0 Å². The van der Waals surface area contributed by atoms with Crippen LogP contribution in [0.25, 0.3) is 21.9 Å². The summed E-state index contributed by atoms with van der Waals surface area (Å²) in [4.78, 5) is 8.65. The summed E-state index contributed by atoms with van der Waals surface area (Å²) >= 11 is 0. The molecule has 4 aliphatic heterocycles. The molecule has 0 N–H and O–H groups in total. The van der Waals surface area contributed by atoms with E-state index in [1.54, 1.807) is 5.56 Å². The molecule has 0 radical (unpaired) electrons. The molecule has 0 amide bonds. The molecular formula is C75H82BN3. The van der Waals surface area contributed by atoms with E-state index < -0.39 is 0 Å². The van der Waals surface area contributed by atoms with Gasteiger partial charge in [-0.05, 0) is 176 Å². The van der Waals surface area contributed by atoms with Crippen molar-refractivity contribution >= 4 is 73.7 Å². The molecule has 2 saturated carbocycles. The number of hydrogen-bond acceptors (Lipinski definition) is 3. The van der Waals surface area contributed by atoms with Gasteiger partial charge in [0.1, 0.15) is 0 Å². The second-order valence-corrected chi connectivity index (χ2v) is 28.6. The molecule has 0 saturated heterocycles. The van der Waals surface area contributed by atoms with E-state index in [4.69, 9.17) is 0 Å². The summed E-state index contributed by atoms with van der Waals surface area (Å²) in [5.74, 6) is 0.741. The van der Waals surface area contributed by atoms with Crippen molar-refractivity contribution in [2.45, 2.75) is 186 Å². The maximum atomic E-state index is 3.00. The molecule has 4 atom stereocenters. The highest BCUT2D eigenvalue weighted by Crippen LogP contribution is 2.67. The molecule has 8 aromatic rings. The van der Waals surface area contributed by atoms with Gasteiger partial charge in [-0.3, -0.25) is 0 Å². The van der Waals surface area contributed by atoms with E-state index in [0.717, 1.165) is 19.3 Å². The van der Waals surface area contributed by atoms with Crippen LogP contribution in [0.3, 0.4) is 0 Å². The quantitative estimate of drug-likeness (QED) is 0.154. The van der Waals surface area contributed by atoms with Crippen molar-refractivity contribution < 1.29 is 0 Å². The van der Waals surface area contributed by atoms with Crippen molar-refractivity contribution in [2.75, 3.05) is 14.7 Å². The molecular weight excluding hydrogens is 954 g/mol. The molecule has 2 fully saturated rings. The summed E-state index contributed by atoms with van der Waals surface area (Å²) in [5.41, 5.74) is 25.8. The van der Waals surface area contributed by atoms with E-state index in [9.17, 15) is 0 Å². The number of rotatable bonds is 6. The fraction of sp³-hybridized carbons (Fsp3) is 0.387. The van der Waals surface area contributed by atoms with Gasteiger partial charge in [-0.1, -0.05) is 211 Å². The molecule has 3 nitrogen and oxygen atoms in total. The maximum absolute atomic E-state index is 3.00. The van der Waals surface area contributed by atoms with Crippen molar-refractivity contribution in [3.8, 4) is 11.1 Å². The number of benzene rings is 8. The van der Waals surface area contributed by atoms with Crippen molar-refractivity contribution in [3.63, 3.8) is 0 Å². The lowest BCUT2D eigenvalue weighted by Crippen LogP contribution is -2.65. The summed E-state index contributed by atoms with van der Waals surface area (Å²) in [7, 11) is 0. The number of anilines is 7. The van der Waals surface area contributed by atoms with Crippen molar-refractivity contribution in [1.82, 2.24) is 0 Å². The average Bonchev–Trinajstić information content (AvgIpc) is 2.17. The highest BCUT2D eigenvalue weighted by Gasteiger charge is 2.65. The van der Waals surface area contributed by atoms with Crippen molar-refractivity contribution in [3.05, 3.63) is 191 Å². The minimum atomic E-state index is -0.236. The summed E-state index contributed by atoms with van der Waals surface area (Å²) in [6.07, 6.45) is 9.49. The average molecular weight is 1040 g/mol. The second kappa shape index (κ2) is 17.3. The van der Waals surface area contributed by atoms with Crippen LogP contribution >= 0.6 is 0 Å². The highest BCUT2D eigenvalue weighted by atomic mass is 15.3. The van der Waals surface area contributed by atoms with Gasteiger partial charge in [0.15, 0.2) is 0 Å². The molecule has 4 heterocycles. The standard InChI is InChI=1S/C75H82BN3/c1-47(2)50-29-32-65-61(41-50)76-62-42-53(48(3)4)40-60-69(62)79(74(13)37-21-22-38-75(60,74)54-25-15-14-16-26-54)67-46-57(78-64-34-31-56(71(8,9)10)44-59(64)72(11)35-19-20-36-73(72,78)12)45-66(68(67)76)77(65)63-33-30-55(70(5,6)7)43-58(63)52-28-27-49-23-17-18-24-51(49)39-52/h14-18,23-34,39-48H,19-22,35-38H2,1-13H3. The van der Waals surface area contributed by atoms with Crippen molar-refractivity contribution in [1.29, 1.82) is 0 Å². The molecule has 8 aromatic carbocycles. The van der Waals surface area contributed by atoms with Gasteiger partial charge in [0, 0.05) is 50.5 Å². The van der Waals surface area contributed by atoms with Crippen LogP contribution in [-0.2, 0) is 21.7 Å². The Bertz CT molecular complexity index is 3820. The Morgan fingerprint density at radius 1 is 0.468 bits per heavy atom. The van der Waals surface area contributed by atoms with Gasteiger partial charge in [0.25, 0.3) is 6.71 Å². The Balaban J connectivity index is 1.14. The van der Waals surface area contributed by atoms with Gasteiger partial charge in [0.2, 0.25) is 0 Å². The monoisotopic (exact) mass is 1040 g/mol. The summed E-state index contributed by atoms with van der Waals surface area (Å²) in [6, 6.07) is 61.4. The third-order valence-corrected chi connectivity index (χ3v) is 21.5. The highest BCUT2D eigenvalue weighted by molar-refractivity contribution is 7.00. The molecule has 400 valence electrons. The lowest BCUT2D eigenvalue weighted by molar-refractivity contribution is 0.194. The van der Waals surface area contributed by atoms with Crippen LogP contribution in [0.15, 0.2) is 152 Å². The molecule has 4 heteroatoms. The third kappa shape index (κ3) is 6.97. The predicted molar refractivity (Wildman–Crippen MR) is 340 cm³/mol. The molecule has 0 spiro atoms. The first-order valence-electron chi connectivity index (χ1n) is 30.4. The van der Waals surface area contributed by atoms with Crippen LogP contribution in [0, 0.1) is 0 Å². The Morgan fingerprint density at radius 3 is 1.81 bits per heavy atom. The van der Waals surface area contributed by atoms with Crippen LogP contribution in [0.2, 0.25) is 0 Å². The zero-order valence-electron chi connectivity index (χ0n) is 49.7. The largest absolute Gasteiger partial charge is 0.335 e. The SMILES string of the molecule is CC(C)c1ccc2c(c1)B1c3cc(C(C)C)cc4c3N(c3cc(N5c6ccc(C(C)(C)C)cc6C6(C)CCCCC56C)cc(c31)N2c1ccc(C(C)(C)C)cc1-c1ccc2ccccc2c1)C1(C)CCCCC41c1ccccc1. The van der Waals surface area contributed by atoms with Gasteiger partial charge in [-0.2, -0.15) is 0 Å². The zero-order chi connectivity index (χ0) is 54.9. The topological polar surface area (TPSA) is 9.72 Å². The Morgan fingerprint density at radius 2 is 1.09 bits per heavy atom. The summed E-state index contributed by atoms with van der Waals surface area (Å²) < 4.78 is 0. The van der Waals surface area contributed by atoms with Gasteiger partial charge < -0.3 is 14.7 Å².